The van der Waals surface area contributed by atoms with Crippen LogP contribution in [0.15, 0.2) is 47.1 Å². The molecule has 1 heterocycles. The Morgan fingerprint density at radius 1 is 1.39 bits per heavy atom. The van der Waals surface area contributed by atoms with Crippen LogP contribution >= 0.6 is 0 Å². The van der Waals surface area contributed by atoms with Crippen molar-refractivity contribution >= 4 is 5.97 Å². The van der Waals surface area contributed by atoms with Gasteiger partial charge >= 0.3 is 5.97 Å². The fourth-order valence-corrected chi connectivity index (χ4v) is 1.89. The van der Waals surface area contributed by atoms with Gasteiger partial charge in [-0.25, -0.2) is 4.39 Å². The van der Waals surface area contributed by atoms with Gasteiger partial charge in [0, 0.05) is 6.42 Å². The maximum atomic E-state index is 13.2. The van der Waals surface area contributed by atoms with E-state index in [-0.39, 0.29) is 6.42 Å². The van der Waals surface area contributed by atoms with E-state index >= 15 is 0 Å². The molecule has 18 heavy (non-hydrogen) atoms. The van der Waals surface area contributed by atoms with Gasteiger partial charge in [0.05, 0.1) is 11.7 Å². The predicted molar refractivity (Wildman–Crippen MR) is 63.8 cm³/mol. The number of carbonyl (C=O) groups is 1. The third-order valence-corrected chi connectivity index (χ3v) is 3.04. The van der Waals surface area contributed by atoms with Crippen molar-refractivity contribution in [1.82, 2.24) is 0 Å². The monoisotopic (exact) mass is 248 g/mol. The molecule has 0 spiro atoms. The molecule has 0 saturated heterocycles. The lowest BCUT2D eigenvalue weighted by Crippen LogP contribution is -2.34. The summed E-state index contributed by atoms with van der Waals surface area (Å²) in [6.07, 6.45) is 1.67. The van der Waals surface area contributed by atoms with Gasteiger partial charge in [0.1, 0.15) is 11.6 Å². The average molecular weight is 248 g/mol. The summed E-state index contributed by atoms with van der Waals surface area (Å²) in [5.41, 5.74) is -0.786. The molecule has 3 nitrogen and oxygen atoms in total. The molecule has 0 aliphatic heterocycles. The highest BCUT2D eigenvalue weighted by Crippen LogP contribution is 2.29. The molecule has 0 radical (unpaired) electrons. The van der Waals surface area contributed by atoms with Gasteiger partial charge in [0.25, 0.3) is 0 Å². The van der Waals surface area contributed by atoms with Crippen molar-refractivity contribution in [2.45, 2.75) is 18.8 Å². The molecule has 0 aliphatic carbocycles. The van der Waals surface area contributed by atoms with Gasteiger partial charge in [-0.05, 0) is 36.8 Å². The standard InChI is InChI=1S/C14H13FO3/c1-14(13(16)17,9-12-6-3-7-18-12)10-4-2-5-11(15)8-10/h2-8H,9H2,1H3,(H,16,17). The van der Waals surface area contributed by atoms with E-state index in [4.69, 9.17) is 4.42 Å². The molecule has 0 fully saturated rings. The number of halogens is 1. The first-order valence-electron chi connectivity index (χ1n) is 5.54. The molecular weight excluding hydrogens is 235 g/mol. The number of carboxylic acids is 1. The molecule has 0 saturated carbocycles. The Morgan fingerprint density at radius 3 is 2.72 bits per heavy atom. The van der Waals surface area contributed by atoms with Crippen LogP contribution in [0, 0.1) is 5.82 Å². The lowest BCUT2D eigenvalue weighted by Gasteiger charge is -2.24. The van der Waals surface area contributed by atoms with E-state index in [1.807, 2.05) is 0 Å². The van der Waals surface area contributed by atoms with Crippen LogP contribution in [0.1, 0.15) is 18.2 Å². The fraction of sp³-hybridized carbons (Fsp3) is 0.214. The Bertz CT molecular complexity index is 548. The second-order valence-electron chi connectivity index (χ2n) is 4.40. The summed E-state index contributed by atoms with van der Waals surface area (Å²) in [5.74, 6) is -0.895. The third-order valence-electron chi connectivity index (χ3n) is 3.04. The van der Waals surface area contributed by atoms with Crippen molar-refractivity contribution in [2.24, 2.45) is 0 Å². The first-order valence-corrected chi connectivity index (χ1v) is 5.54. The highest BCUT2D eigenvalue weighted by atomic mass is 19.1. The lowest BCUT2D eigenvalue weighted by molar-refractivity contribution is -0.143. The predicted octanol–water partition coefficient (Wildman–Crippen LogP) is 3.00. The molecule has 0 amide bonds. The normalized spacial score (nSPS) is 14.1. The summed E-state index contributed by atoms with van der Waals surface area (Å²) in [4.78, 5) is 11.5. The Balaban J connectivity index is 2.41. The summed E-state index contributed by atoms with van der Waals surface area (Å²) in [6, 6.07) is 9.06. The summed E-state index contributed by atoms with van der Waals surface area (Å²) in [7, 11) is 0. The quantitative estimate of drug-likeness (QED) is 0.904. The van der Waals surface area contributed by atoms with Crippen molar-refractivity contribution in [3.8, 4) is 0 Å². The zero-order valence-electron chi connectivity index (χ0n) is 9.89. The van der Waals surface area contributed by atoms with Gasteiger partial charge in [-0.3, -0.25) is 4.79 Å². The molecule has 4 heteroatoms. The summed E-state index contributed by atoms with van der Waals surface area (Å²) in [6.45, 7) is 1.56. The minimum atomic E-state index is -1.21. The van der Waals surface area contributed by atoms with Gasteiger partial charge in [0.15, 0.2) is 0 Å². The molecule has 2 rings (SSSR count). The smallest absolute Gasteiger partial charge is 0.314 e. The number of hydrogen-bond donors (Lipinski definition) is 1. The van der Waals surface area contributed by atoms with E-state index in [0.717, 1.165) is 0 Å². The van der Waals surface area contributed by atoms with E-state index in [2.05, 4.69) is 0 Å². The molecule has 0 aliphatic rings. The van der Waals surface area contributed by atoms with Gasteiger partial charge in [-0.1, -0.05) is 12.1 Å². The molecular formula is C14H13FO3. The van der Waals surface area contributed by atoms with E-state index in [1.54, 1.807) is 25.1 Å². The van der Waals surface area contributed by atoms with Gasteiger partial charge < -0.3 is 9.52 Å². The van der Waals surface area contributed by atoms with Crippen molar-refractivity contribution in [3.05, 3.63) is 59.8 Å². The Morgan fingerprint density at radius 2 is 2.17 bits per heavy atom. The van der Waals surface area contributed by atoms with Crippen molar-refractivity contribution in [3.63, 3.8) is 0 Å². The second-order valence-corrected chi connectivity index (χ2v) is 4.40. The number of benzene rings is 1. The first kappa shape index (κ1) is 12.4. The minimum Gasteiger partial charge on any atom is -0.481 e. The van der Waals surface area contributed by atoms with Crippen molar-refractivity contribution < 1.29 is 18.7 Å². The Kier molecular flexibility index (Phi) is 3.19. The highest BCUT2D eigenvalue weighted by Gasteiger charge is 2.36. The van der Waals surface area contributed by atoms with Crippen LogP contribution < -0.4 is 0 Å². The lowest BCUT2D eigenvalue weighted by atomic mass is 9.79. The number of carboxylic acid groups (broad SMARTS) is 1. The molecule has 1 aromatic carbocycles. The fourth-order valence-electron chi connectivity index (χ4n) is 1.89. The first-order chi connectivity index (χ1) is 8.52. The molecule has 94 valence electrons. The molecule has 1 unspecified atom stereocenters. The number of aliphatic carboxylic acids is 1. The van der Waals surface area contributed by atoms with Gasteiger partial charge in [0.2, 0.25) is 0 Å². The highest BCUT2D eigenvalue weighted by molar-refractivity contribution is 5.81. The van der Waals surface area contributed by atoms with Crippen molar-refractivity contribution in [1.29, 1.82) is 0 Å². The van der Waals surface area contributed by atoms with Crippen LogP contribution in [0.25, 0.3) is 0 Å². The molecule has 1 aromatic heterocycles. The van der Waals surface area contributed by atoms with Gasteiger partial charge in [-0.2, -0.15) is 0 Å². The maximum absolute atomic E-state index is 13.2. The number of furan rings is 1. The topological polar surface area (TPSA) is 50.4 Å². The van der Waals surface area contributed by atoms with Crippen LogP contribution in [0.2, 0.25) is 0 Å². The Labute approximate surface area is 104 Å². The van der Waals surface area contributed by atoms with Crippen LogP contribution in [0.3, 0.4) is 0 Å². The summed E-state index contributed by atoms with van der Waals surface area (Å²) < 4.78 is 18.4. The van der Waals surface area contributed by atoms with E-state index in [9.17, 15) is 14.3 Å². The Hall–Kier alpha value is -2.10. The largest absolute Gasteiger partial charge is 0.481 e. The van der Waals surface area contributed by atoms with Crippen LogP contribution in [0.4, 0.5) is 4.39 Å². The zero-order chi connectivity index (χ0) is 13.2. The van der Waals surface area contributed by atoms with E-state index in [0.29, 0.717) is 11.3 Å². The van der Waals surface area contributed by atoms with Crippen LogP contribution in [-0.4, -0.2) is 11.1 Å². The second kappa shape index (κ2) is 4.64. The number of rotatable bonds is 4. The molecule has 1 N–H and O–H groups in total. The SMILES string of the molecule is CC(Cc1ccco1)(C(=O)O)c1cccc(F)c1. The molecule has 1 atom stereocenters. The molecule has 0 bridgehead atoms. The minimum absolute atomic E-state index is 0.179. The number of hydrogen-bond acceptors (Lipinski definition) is 2. The summed E-state index contributed by atoms with van der Waals surface area (Å²) >= 11 is 0. The van der Waals surface area contributed by atoms with Crippen molar-refractivity contribution in [2.75, 3.05) is 0 Å². The zero-order valence-corrected chi connectivity index (χ0v) is 9.89. The van der Waals surface area contributed by atoms with Crippen LogP contribution in [-0.2, 0) is 16.6 Å². The van der Waals surface area contributed by atoms with E-state index in [1.165, 1.54) is 24.5 Å². The molecule has 2 aromatic rings. The third kappa shape index (κ3) is 2.27. The van der Waals surface area contributed by atoms with E-state index < -0.39 is 17.2 Å². The van der Waals surface area contributed by atoms with Crippen LogP contribution in [0.5, 0.6) is 0 Å². The average Bonchev–Trinajstić information content (AvgIpc) is 2.81. The maximum Gasteiger partial charge on any atom is 0.314 e. The van der Waals surface area contributed by atoms with Gasteiger partial charge in [-0.15, -0.1) is 0 Å². The summed E-state index contributed by atoms with van der Waals surface area (Å²) in [5, 5.41) is 9.41.